The topological polar surface area (TPSA) is 68.3 Å². The van der Waals surface area contributed by atoms with E-state index in [0.29, 0.717) is 23.3 Å². The van der Waals surface area contributed by atoms with Crippen LogP contribution in [0, 0.1) is 13.8 Å². The minimum absolute atomic E-state index is 0.527. The van der Waals surface area contributed by atoms with Gasteiger partial charge in [0.2, 0.25) is 5.95 Å². The predicted octanol–water partition coefficient (Wildman–Crippen LogP) is 4.60. The monoisotopic (exact) mass is 350 g/mol. The van der Waals surface area contributed by atoms with Crippen molar-refractivity contribution >= 4 is 23.1 Å². The number of methoxy groups -OCH3 is 2. The van der Waals surface area contributed by atoms with Gasteiger partial charge in [-0.05, 0) is 55.3 Å². The summed E-state index contributed by atoms with van der Waals surface area (Å²) in [5, 5.41) is 6.48. The fourth-order valence-electron chi connectivity index (χ4n) is 2.50. The lowest BCUT2D eigenvalue weighted by Gasteiger charge is -2.12. The normalized spacial score (nSPS) is 10.3. The lowest BCUT2D eigenvalue weighted by atomic mass is 10.1. The molecule has 0 unspecified atom stereocenters. The minimum atomic E-state index is 0.527. The summed E-state index contributed by atoms with van der Waals surface area (Å²) in [5.74, 6) is 2.54. The van der Waals surface area contributed by atoms with E-state index in [4.69, 9.17) is 9.47 Å². The van der Waals surface area contributed by atoms with Gasteiger partial charge in [-0.2, -0.15) is 4.98 Å². The highest BCUT2D eigenvalue weighted by Crippen LogP contribution is 2.31. The first kappa shape index (κ1) is 17.5. The van der Waals surface area contributed by atoms with Gasteiger partial charge in [-0.1, -0.05) is 6.07 Å². The maximum absolute atomic E-state index is 5.33. The molecule has 1 aromatic heterocycles. The van der Waals surface area contributed by atoms with Gasteiger partial charge < -0.3 is 20.1 Å². The number of aryl methyl sites for hydroxylation is 2. The molecule has 0 saturated heterocycles. The van der Waals surface area contributed by atoms with Crippen molar-refractivity contribution in [3.05, 3.63) is 59.8 Å². The first-order valence-electron chi connectivity index (χ1n) is 8.25. The second-order valence-corrected chi connectivity index (χ2v) is 5.88. The molecule has 6 heteroatoms. The molecule has 0 radical (unpaired) electrons. The molecule has 0 saturated carbocycles. The molecule has 0 bridgehead atoms. The van der Waals surface area contributed by atoms with Crippen molar-refractivity contribution in [2.45, 2.75) is 13.8 Å². The zero-order valence-electron chi connectivity index (χ0n) is 15.3. The van der Waals surface area contributed by atoms with Crippen LogP contribution in [0.2, 0.25) is 0 Å². The highest BCUT2D eigenvalue weighted by atomic mass is 16.5. The fraction of sp³-hybridized carbons (Fsp3) is 0.200. The molecular weight excluding hydrogens is 328 g/mol. The van der Waals surface area contributed by atoms with Crippen LogP contribution in [0.5, 0.6) is 11.5 Å². The van der Waals surface area contributed by atoms with Gasteiger partial charge >= 0.3 is 0 Å². The van der Waals surface area contributed by atoms with Crippen LogP contribution in [0.3, 0.4) is 0 Å². The van der Waals surface area contributed by atoms with Crippen LogP contribution in [0.15, 0.2) is 48.7 Å². The van der Waals surface area contributed by atoms with Crippen molar-refractivity contribution < 1.29 is 9.47 Å². The van der Waals surface area contributed by atoms with E-state index in [1.807, 2.05) is 30.3 Å². The number of hydrogen-bond donors (Lipinski definition) is 2. The summed E-state index contributed by atoms with van der Waals surface area (Å²) < 4.78 is 10.6. The van der Waals surface area contributed by atoms with Crippen molar-refractivity contribution in [3.63, 3.8) is 0 Å². The number of ether oxygens (including phenoxy) is 2. The molecule has 134 valence electrons. The summed E-state index contributed by atoms with van der Waals surface area (Å²) in [5.41, 5.74) is 4.27. The Morgan fingerprint density at radius 2 is 1.50 bits per heavy atom. The smallest absolute Gasteiger partial charge is 0.229 e. The summed E-state index contributed by atoms with van der Waals surface area (Å²) in [6.45, 7) is 4.17. The van der Waals surface area contributed by atoms with Gasteiger partial charge in [-0.3, -0.25) is 0 Å². The zero-order chi connectivity index (χ0) is 18.5. The number of nitrogens with one attached hydrogen (secondary N) is 2. The Morgan fingerprint density at radius 1 is 0.769 bits per heavy atom. The van der Waals surface area contributed by atoms with E-state index in [0.717, 1.165) is 11.4 Å². The van der Waals surface area contributed by atoms with Gasteiger partial charge in [0.05, 0.1) is 14.2 Å². The van der Waals surface area contributed by atoms with Crippen LogP contribution in [-0.4, -0.2) is 24.2 Å². The molecule has 6 nitrogen and oxygen atoms in total. The number of rotatable bonds is 6. The zero-order valence-corrected chi connectivity index (χ0v) is 15.3. The lowest BCUT2D eigenvalue weighted by Crippen LogP contribution is -2.01. The summed E-state index contributed by atoms with van der Waals surface area (Å²) in [4.78, 5) is 8.79. The Hall–Kier alpha value is -3.28. The standard InChI is InChI=1S/C20H22N4O2/c1-13-5-6-15(11-14(13)2)23-20-21-10-9-19(24-20)22-16-7-8-17(25-3)18(12-16)26-4/h5-12H,1-4H3,(H2,21,22,23,24). The second-order valence-electron chi connectivity index (χ2n) is 5.88. The summed E-state index contributed by atoms with van der Waals surface area (Å²) in [6, 6.07) is 13.6. The Bertz CT molecular complexity index is 912. The SMILES string of the molecule is COc1ccc(Nc2ccnc(Nc3ccc(C)c(C)c3)n2)cc1OC. The van der Waals surface area contributed by atoms with Crippen molar-refractivity contribution in [1.29, 1.82) is 0 Å². The van der Waals surface area contributed by atoms with Crippen molar-refractivity contribution in [2.24, 2.45) is 0 Å². The van der Waals surface area contributed by atoms with Gasteiger partial charge in [0.15, 0.2) is 11.5 Å². The summed E-state index contributed by atoms with van der Waals surface area (Å²) in [7, 11) is 3.22. The largest absolute Gasteiger partial charge is 0.493 e. The maximum Gasteiger partial charge on any atom is 0.229 e. The number of hydrogen-bond acceptors (Lipinski definition) is 6. The number of aromatic nitrogens is 2. The summed E-state index contributed by atoms with van der Waals surface area (Å²) >= 11 is 0. The molecule has 0 aliphatic carbocycles. The molecule has 0 spiro atoms. The second kappa shape index (κ2) is 7.74. The maximum atomic E-state index is 5.33. The first-order chi connectivity index (χ1) is 12.6. The highest BCUT2D eigenvalue weighted by molar-refractivity contribution is 5.63. The molecule has 26 heavy (non-hydrogen) atoms. The molecular formula is C20H22N4O2. The first-order valence-corrected chi connectivity index (χ1v) is 8.25. The van der Waals surface area contributed by atoms with Gasteiger partial charge in [0, 0.05) is 23.6 Å². The van der Waals surface area contributed by atoms with Crippen LogP contribution in [0.4, 0.5) is 23.1 Å². The molecule has 3 rings (SSSR count). The van der Waals surface area contributed by atoms with E-state index in [9.17, 15) is 0 Å². The van der Waals surface area contributed by atoms with Gasteiger partial charge in [-0.15, -0.1) is 0 Å². The van der Waals surface area contributed by atoms with E-state index in [1.54, 1.807) is 20.4 Å². The Morgan fingerprint density at radius 3 is 2.23 bits per heavy atom. The van der Waals surface area contributed by atoms with Crippen LogP contribution in [0.25, 0.3) is 0 Å². The third-order valence-electron chi connectivity index (χ3n) is 4.07. The lowest BCUT2D eigenvalue weighted by molar-refractivity contribution is 0.355. The molecule has 1 heterocycles. The Labute approximate surface area is 153 Å². The summed E-state index contributed by atoms with van der Waals surface area (Å²) in [6.07, 6.45) is 1.71. The van der Waals surface area contributed by atoms with Gasteiger partial charge in [0.1, 0.15) is 5.82 Å². The van der Waals surface area contributed by atoms with Crippen molar-refractivity contribution in [2.75, 3.05) is 24.9 Å². The molecule has 0 fully saturated rings. The van der Waals surface area contributed by atoms with Gasteiger partial charge in [-0.25, -0.2) is 4.98 Å². The van der Waals surface area contributed by atoms with Crippen LogP contribution < -0.4 is 20.1 Å². The number of nitrogens with zero attached hydrogens (tertiary/aromatic N) is 2. The van der Waals surface area contributed by atoms with Crippen molar-refractivity contribution in [3.8, 4) is 11.5 Å². The Balaban J connectivity index is 1.78. The third-order valence-corrected chi connectivity index (χ3v) is 4.07. The average Bonchev–Trinajstić information content (AvgIpc) is 2.65. The number of anilines is 4. The molecule has 2 aromatic carbocycles. The van der Waals surface area contributed by atoms with E-state index in [2.05, 4.69) is 46.6 Å². The Kier molecular flexibility index (Phi) is 5.22. The van der Waals surface area contributed by atoms with Crippen LogP contribution in [0.1, 0.15) is 11.1 Å². The van der Waals surface area contributed by atoms with E-state index in [-0.39, 0.29) is 0 Å². The molecule has 2 N–H and O–H groups in total. The predicted molar refractivity (Wildman–Crippen MR) is 104 cm³/mol. The molecule has 0 atom stereocenters. The number of benzene rings is 2. The van der Waals surface area contributed by atoms with Crippen LogP contribution in [-0.2, 0) is 0 Å². The fourth-order valence-corrected chi connectivity index (χ4v) is 2.50. The highest BCUT2D eigenvalue weighted by Gasteiger charge is 2.06. The average molecular weight is 350 g/mol. The quantitative estimate of drug-likeness (QED) is 0.677. The molecule has 0 amide bonds. The van der Waals surface area contributed by atoms with E-state index >= 15 is 0 Å². The molecule has 3 aromatic rings. The minimum Gasteiger partial charge on any atom is -0.493 e. The van der Waals surface area contributed by atoms with Gasteiger partial charge in [0.25, 0.3) is 0 Å². The van der Waals surface area contributed by atoms with E-state index < -0.39 is 0 Å². The molecule has 0 aliphatic heterocycles. The third kappa shape index (κ3) is 4.03. The molecule has 0 aliphatic rings. The van der Waals surface area contributed by atoms with Crippen molar-refractivity contribution in [1.82, 2.24) is 9.97 Å². The van der Waals surface area contributed by atoms with Crippen LogP contribution >= 0.6 is 0 Å². The van der Waals surface area contributed by atoms with E-state index in [1.165, 1.54) is 11.1 Å².